The summed E-state index contributed by atoms with van der Waals surface area (Å²) in [6.45, 7) is 1.11. The number of carbonyl (C=O) groups excluding carboxylic acids is 4. The first-order valence-corrected chi connectivity index (χ1v) is 4.51. The maximum atomic E-state index is 11.0. The molecule has 0 rings (SSSR count). The summed E-state index contributed by atoms with van der Waals surface area (Å²) in [5, 5.41) is 0.335. The van der Waals surface area contributed by atoms with Crippen LogP contribution in [0.1, 0.15) is 32.6 Å². The van der Waals surface area contributed by atoms with Gasteiger partial charge in [-0.05, 0) is 12.8 Å². The molecule has 84 valence electrons. The number of nitrogens with zero attached hydrogens (tertiary/aromatic N) is 1. The molecule has 2 amide bonds. The van der Waals surface area contributed by atoms with Crippen molar-refractivity contribution in [3.05, 3.63) is 0 Å². The Morgan fingerprint density at radius 3 is 2.40 bits per heavy atom. The Labute approximate surface area is 87.1 Å². The second-order valence-electron chi connectivity index (χ2n) is 2.83. The minimum absolute atomic E-state index is 0.0749. The Morgan fingerprint density at radius 2 is 1.93 bits per heavy atom. The highest BCUT2D eigenvalue weighted by atomic mass is 16.7. The lowest BCUT2D eigenvalue weighted by Crippen LogP contribution is -2.30. The van der Waals surface area contributed by atoms with E-state index in [4.69, 9.17) is 0 Å². The third-order valence-corrected chi connectivity index (χ3v) is 1.56. The third kappa shape index (κ3) is 6.36. The highest BCUT2D eigenvalue weighted by Gasteiger charge is 2.13. The Hall–Kier alpha value is -1.72. The molecule has 0 saturated heterocycles. The van der Waals surface area contributed by atoms with E-state index in [0.717, 1.165) is 13.2 Å². The van der Waals surface area contributed by atoms with Crippen LogP contribution in [0.2, 0.25) is 0 Å². The summed E-state index contributed by atoms with van der Waals surface area (Å²) >= 11 is 0. The zero-order chi connectivity index (χ0) is 11.7. The van der Waals surface area contributed by atoms with Crippen LogP contribution in [-0.4, -0.2) is 29.6 Å². The maximum absolute atomic E-state index is 11.0. The number of hydroxylamine groups is 2. The van der Waals surface area contributed by atoms with Crippen LogP contribution in [0, 0.1) is 0 Å². The van der Waals surface area contributed by atoms with Gasteiger partial charge in [-0.1, -0.05) is 0 Å². The van der Waals surface area contributed by atoms with Crippen LogP contribution in [0.15, 0.2) is 0 Å². The minimum Gasteiger partial charge on any atom is -0.331 e. The van der Waals surface area contributed by atoms with E-state index in [9.17, 15) is 19.2 Å². The number of hydrogen-bond acceptors (Lipinski definition) is 5. The molecule has 0 aliphatic carbocycles. The summed E-state index contributed by atoms with van der Waals surface area (Å²) in [5.41, 5.74) is 0. The van der Waals surface area contributed by atoms with E-state index in [1.165, 1.54) is 0 Å². The fourth-order valence-electron chi connectivity index (χ4n) is 0.812. The first-order chi connectivity index (χ1) is 7.11. The SMILES string of the molecule is CC(=O)N(C=O)OC(=O)CCCCC=O. The van der Waals surface area contributed by atoms with E-state index < -0.39 is 11.9 Å². The van der Waals surface area contributed by atoms with E-state index in [2.05, 4.69) is 4.84 Å². The van der Waals surface area contributed by atoms with Crippen molar-refractivity contribution >= 4 is 24.6 Å². The van der Waals surface area contributed by atoms with Crippen LogP contribution >= 0.6 is 0 Å². The van der Waals surface area contributed by atoms with Crippen molar-refractivity contribution < 1.29 is 24.0 Å². The molecule has 0 aliphatic rings. The van der Waals surface area contributed by atoms with Gasteiger partial charge in [-0.15, -0.1) is 5.06 Å². The smallest absolute Gasteiger partial charge is 0.331 e. The lowest BCUT2D eigenvalue weighted by molar-refractivity contribution is -0.195. The maximum Gasteiger partial charge on any atom is 0.333 e. The molecule has 0 unspecified atom stereocenters. The first-order valence-electron chi connectivity index (χ1n) is 4.51. The second-order valence-corrected chi connectivity index (χ2v) is 2.83. The van der Waals surface area contributed by atoms with Crippen molar-refractivity contribution in [2.24, 2.45) is 0 Å². The fourth-order valence-corrected chi connectivity index (χ4v) is 0.812. The predicted molar refractivity (Wildman–Crippen MR) is 49.2 cm³/mol. The average Bonchev–Trinajstić information content (AvgIpc) is 2.20. The van der Waals surface area contributed by atoms with E-state index >= 15 is 0 Å². The normalized spacial score (nSPS) is 9.13. The van der Waals surface area contributed by atoms with Crippen LogP contribution < -0.4 is 0 Å². The molecular weight excluding hydrogens is 202 g/mol. The third-order valence-electron chi connectivity index (χ3n) is 1.56. The first kappa shape index (κ1) is 13.3. The highest BCUT2D eigenvalue weighted by Crippen LogP contribution is 2.01. The number of hydrogen-bond donors (Lipinski definition) is 0. The van der Waals surface area contributed by atoms with Crippen molar-refractivity contribution in [1.29, 1.82) is 0 Å². The average molecular weight is 215 g/mol. The van der Waals surface area contributed by atoms with Crippen molar-refractivity contribution in [2.45, 2.75) is 32.6 Å². The molecule has 0 aromatic heterocycles. The van der Waals surface area contributed by atoms with Crippen molar-refractivity contribution in [3.63, 3.8) is 0 Å². The Balaban J connectivity index is 3.76. The molecule has 6 nitrogen and oxygen atoms in total. The van der Waals surface area contributed by atoms with Crippen molar-refractivity contribution in [2.75, 3.05) is 0 Å². The molecule has 0 aliphatic heterocycles. The van der Waals surface area contributed by atoms with Gasteiger partial charge in [0.2, 0.25) is 0 Å². The summed E-state index contributed by atoms with van der Waals surface area (Å²) in [6, 6.07) is 0. The summed E-state index contributed by atoms with van der Waals surface area (Å²) in [7, 11) is 0. The quantitative estimate of drug-likeness (QED) is 0.359. The van der Waals surface area contributed by atoms with Gasteiger partial charge in [-0.3, -0.25) is 9.59 Å². The Morgan fingerprint density at radius 1 is 1.27 bits per heavy atom. The van der Waals surface area contributed by atoms with Gasteiger partial charge in [0.25, 0.3) is 12.3 Å². The van der Waals surface area contributed by atoms with Gasteiger partial charge >= 0.3 is 5.97 Å². The molecule has 0 fully saturated rings. The molecule has 0 aromatic carbocycles. The van der Waals surface area contributed by atoms with Gasteiger partial charge < -0.3 is 9.63 Å². The molecule has 0 heterocycles. The van der Waals surface area contributed by atoms with Gasteiger partial charge in [0, 0.05) is 19.8 Å². The molecule has 0 bridgehead atoms. The monoisotopic (exact) mass is 215 g/mol. The summed E-state index contributed by atoms with van der Waals surface area (Å²) in [5.74, 6) is -1.32. The molecule has 0 atom stereocenters. The Kier molecular flexibility index (Phi) is 6.78. The van der Waals surface area contributed by atoms with Gasteiger partial charge in [0.05, 0.1) is 0 Å². The van der Waals surface area contributed by atoms with E-state index in [-0.39, 0.29) is 12.8 Å². The predicted octanol–water partition coefficient (Wildman–Crippen LogP) is 0.209. The standard InChI is InChI=1S/C9H13NO5/c1-8(13)10(7-12)15-9(14)5-3-2-4-6-11/h6-7H,2-5H2,1H3. The molecule has 0 saturated carbocycles. The van der Waals surface area contributed by atoms with Crippen molar-refractivity contribution in [1.82, 2.24) is 5.06 Å². The Bertz CT molecular complexity index is 251. The molecule has 6 heteroatoms. The van der Waals surface area contributed by atoms with Crippen LogP contribution in [0.3, 0.4) is 0 Å². The van der Waals surface area contributed by atoms with Gasteiger partial charge in [0.15, 0.2) is 0 Å². The van der Waals surface area contributed by atoms with E-state index in [1.54, 1.807) is 0 Å². The molecular formula is C9H13NO5. The topological polar surface area (TPSA) is 80.8 Å². The molecule has 15 heavy (non-hydrogen) atoms. The molecule has 0 aromatic rings. The summed E-state index contributed by atoms with van der Waals surface area (Å²) < 4.78 is 0. The highest BCUT2D eigenvalue weighted by molar-refractivity contribution is 5.84. The van der Waals surface area contributed by atoms with Crippen molar-refractivity contribution in [3.8, 4) is 0 Å². The minimum atomic E-state index is -0.664. The van der Waals surface area contributed by atoms with Crippen LogP contribution in [-0.2, 0) is 24.0 Å². The van der Waals surface area contributed by atoms with Crippen LogP contribution in [0.4, 0.5) is 0 Å². The summed E-state index contributed by atoms with van der Waals surface area (Å²) in [6.07, 6.45) is 2.43. The number of carbonyl (C=O) groups is 4. The molecule has 0 spiro atoms. The number of rotatable bonds is 6. The number of imide groups is 1. The largest absolute Gasteiger partial charge is 0.333 e. The van der Waals surface area contributed by atoms with Gasteiger partial charge in [-0.2, -0.15) is 0 Å². The molecule has 0 radical (unpaired) electrons. The second kappa shape index (κ2) is 7.66. The number of aldehydes is 1. The number of unbranched alkanes of at least 4 members (excludes halogenated alkanes) is 2. The van der Waals surface area contributed by atoms with Crippen LogP contribution in [0.25, 0.3) is 0 Å². The van der Waals surface area contributed by atoms with Gasteiger partial charge in [0.1, 0.15) is 6.29 Å². The zero-order valence-corrected chi connectivity index (χ0v) is 8.47. The van der Waals surface area contributed by atoms with Gasteiger partial charge in [-0.25, -0.2) is 4.79 Å². The number of amides is 2. The fraction of sp³-hybridized carbons (Fsp3) is 0.556. The van der Waals surface area contributed by atoms with E-state index in [1.807, 2.05) is 0 Å². The zero-order valence-electron chi connectivity index (χ0n) is 8.47. The van der Waals surface area contributed by atoms with Crippen LogP contribution in [0.5, 0.6) is 0 Å². The molecule has 0 N–H and O–H groups in total. The lowest BCUT2D eigenvalue weighted by atomic mass is 10.2. The summed E-state index contributed by atoms with van der Waals surface area (Å²) in [4.78, 5) is 46.3. The lowest BCUT2D eigenvalue weighted by Gasteiger charge is -2.11. The van der Waals surface area contributed by atoms with E-state index in [0.29, 0.717) is 24.3 Å².